The third kappa shape index (κ3) is 2.25. The van der Waals surface area contributed by atoms with Gasteiger partial charge in [0.05, 0.1) is 5.69 Å². The molecule has 0 bridgehead atoms. The molecule has 1 aliphatic carbocycles. The number of halogens is 1. The molecule has 0 radical (unpaired) electrons. The summed E-state index contributed by atoms with van der Waals surface area (Å²) in [5.41, 5.74) is 8.01. The van der Waals surface area contributed by atoms with Crippen LogP contribution in [0.1, 0.15) is 36.5 Å². The van der Waals surface area contributed by atoms with Crippen LogP contribution < -0.4 is 5.73 Å². The fraction of sp³-hybridized carbons (Fsp3) is 0.357. The third-order valence-electron chi connectivity index (χ3n) is 3.49. The zero-order chi connectivity index (χ0) is 12.5. The topological polar surface area (TPSA) is 38.9 Å². The van der Waals surface area contributed by atoms with Crippen molar-refractivity contribution in [2.75, 3.05) is 5.73 Å². The Bertz CT molecular complexity index is 559. The molecular weight excluding hydrogens is 264 g/mol. The number of hydrogen-bond donors (Lipinski definition) is 1. The van der Waals surface area contributed by atoms with Gasteiger partial charge in [-0.15, -0.1) is 11.3 Å². The highest BCUT2D eigenvalue weighted by atomic mass is 35.5. The molecule has 1 aromatic carbocycles. The van der Waals surface area contributed by atoms with Crippen molar-refractivity contribution in [3.05, 3.63) is 34.2 Å². The maximum Gasteiger partial charge on any atom is 0.180 e. The lowest BCUT2D eigenvalue weighted by Crippen LogP contribution is -1.92. The molecule has 2 aromatic rings. The van der Waals surface area contributed by atoms with E-state index in [9.17, 15) is 0 Å². The molecule has 1 aromatic heterocycles. The highest BCUT2D eigenvalue weighted by Crippen LogP contribution is 2.43. The lowest BCUT2D eigenvalue weighted by atomic mass is 10.0. The first-order valence-corrected chi connectivity index (χ1v) is 7.45. The van der Waals surface area contributed by atoms with Crippen LogP contribution in [-0.4, -0.2) is 4.98 Å². The van der Waals surface area contributed by atoms with Gasteiger partial charge in [-0.2, -0.15) is 0 Å². The Labute approximate surface area is 116 Å². The van der Waals surface area contributed by atoms with Gasteiger partial charge in [-0.3, -0.25) is 0 Å². The van der Waals surface area contributed by atoms with Crippen LogP contribution >= 0.6 is 22.9 Å². The average Bonchev–Trinajstić information content (AvgIpc) is 2.97. The second kappa shape index (κ2) is 4.90. The molecule has 1 saturated carbocycles. The lowest BCUT2D eigenvalue weighted by Gasteiger charge is -2.08. The van der Waals surface area contributed by atoms with E-state index in [0.717, 1.165) is 16.3 Å². The van der Waals surface area contributed by atoms with E-state index in [1.807, 2.05) is 18.2 Å². The summed E-state index contributed by atoms with van der Waals surface area (Å²) < 4.78 is 0. The summed E-state index contributed by atoms with van der Waals surface area (Å²) >= 11 is 7.69. The van der Waals surface area contributed by atoms with Crippen LogP contribution in [0.3, 0.4) is 0 Å². The van der Waals surface area contributed by atoms with Gasteiger partial charge in [0.15, 0.2) is 5.13 Å². The average molecular weight is 279 g/mol. The molecule has 1 fully saturated rings. The molecule has 0 unspecified atom stereocenters. The number of nitrogens with zero attached hydrogens (tertiary/aromatic N) is 1. The number of aromatic nitrogens is 1. The summed E-state index contributed by atoms with van der Waals surface area (Å²) in [6, 6.07) is 7.87. The van der Waals surface area contributed by atoms with Crippen LogP contribution in [0.15, 0.2) is 24.3 Å². The summed E-state index contributed by atoms with van der Waals surface area (Å²) in [4.78, 5) is 5.84. The molecule has 0 spiro atoms. The number of nitrogen functional groups attached to an aromatic ring is 1. The van der Waals surface area contributed by atoms with Crippen molar-refractivity contribution in [2.45, 2.75) is 31.6 Å². The van der Waals surface area contributed by atoms with Gasteiger partial charge in [0.25, 0.3) is 0 Å². The van der Waals surface area contributed by atoms with Crippen molar-refractivity contribution in [1.29, 1.82) is 0 Å². The van der Waals surface area contributed by atoms with E-state index in [0.29, 0.717) is 11.0 Å². The minimum Gasteiger partial charge on any atom is -0.375 e. The number of benzene rings is 1. The van der Waals surface area contributed by atoms with Gasteiger partial charge in [-0.25, -0.2) is 4.98 Å². The summed E-state index contributed by atoms with van der Waals surface area (Å²) in [7, 11) is 0. The van der Waals surface area contributed by atoms with E-state index >= 15 is 0 Å². The van der Waals surface area contributed by atoms with E-state index < -0.39 is 0 Å². The first-order chi connectivity index (χ1) is 8.74. The number of rotatable bonds is 2. The molecule has 0 atom stereocenters. The van der Waals surface area contributed by atoms with Crippen LogP contribution in [0.2, 0.25) is 5.02 Å². The van der Waals surface area contributed by atoms with Crippen molar-refractivity contribution < 1.29 is 0 Å². The first kappa shape index (κ1) is 12.0. The minimum absolute atomic E-state index is 0.633. The second-order valence-electron chi connectivity index (χ2n) is 4.76. The SMILES string of the molecule is Nc1nc(-c2cccc(Cl)c2)c(C2CCCC2)s1. The standard InChI is InChI=1S/C14H15ClN2S/c15-11-7-3-6-10(8-11)12-13(18-14(16)17-12)9-4-1-2-5-9/h3,6-9H,1-2,4-5H2,(H2,16,17). The molecule has 4 heteroatoms. The molecule has 18 heavy (non-hydrogen) atoms. The number of thiazole rings is 1. The van der Waals surface area contributed by atoms with Crippen molar-refractivity contribution in [3.63, 3.8) is 0 Å². The van der Waals surface area contributed by atoms with Crippen LogP contribution in [0.5, 0.6) is 0 Å². The zero-order valence-corrected chi connectivity index (χ0v) is 11.6. The van der Waals surface area contributed by atoms with Gasteiger partial charge < -0.3 is 5.73 Å². The molecule has 0 amide bonds. The molecule has 2 N–H and O–H groups in total. The van der Waals surface area contributed by atoms with E-state index in [2.05, 4.69) is 11.1 Å². The molecule has 0 saturated heterocycles. The maximum absolute atomic E-state index is 6.06. The first-order valence-electron chi connectivity index (χ1n) is 6.26. The quantitative estimate of drug-likeness (QED) is 0.864. The van der Waals surface area contributed by atoms with Crippen LogP contribution in [0.25, 0.3) is 11.3 Å². The Morgan fingerprint density at radius 2 is 2.06 bits per heavy atom. The van der Waals surface area contributed by atoms with Gasteiger partial charge in [-0.1, -0.05) is 36.6 Å². The molecule has 0 aliphatic heterocycles. The second-order valence-corrected chi connectivity index (χ2v) is 6.26. The van der Waals surface area contributed by atoms with E-state index in [4.69, 9.17) is 17.3 Å². The van der Waals surface area contributed by atoms with Gasteiger partial charge in [0.1, 0.15) is 0 Å². The predicted molar refractivity (Wildman–Crippen MR) is 78.2 cm³/mol. The Morgan fingerprint density at radius 1 is 1.28 bits per heavy atom. The Balaban J connectivity index is 2.05. The molecule has 94 valence electrons. The number of nitrogens with two attached hydrogens (primary N) is 1. The fourth-order valence-electron chi connectivity index (χ4n) is 2.66. The summed E-state index contributed by atoms with van der Waals surface area (Å²) in [5, 5.41) is 1.41. The van der Waals surface area contributed by atoms with E-state index in [1.165, 1.54) is 30.6 Å². The van der Waals surface area contributed by atoms with Gasteiger partial charge in [-0.05, 0) is 30.9 Å². The number of hydrogen-bond acceptors (Lipinski definition) is 3. The zero-order valence-electron chi connectivity index (χ0n) is 10.0. The Hall–Kier alpha value is -1.06. The largest absolute Gasteiger partial charge is 0.375 e. The molecular formula is C14H15ClN2S. The molecule has 3 rings (SSSR count). The Morgan fingerprint density at radius 3 is 2.78 bits per heavy atom. The maximum atomic E-state index is 6.06. The van der Waals surface area contributed by atoms with Crippen molar-refractivity contribution in [2.24, 2.45) is 0 Å². The van der Waals surface area contributed by atoms with Crippen molar-refractivity contribution in [3.8, 4) is 11.3 Å². The minimum atomic E-state index is 0.633. The molecule has 1 heterocycles. The highest BCUT2D eigenvalue weighted by Gasteiger charge is 2.24. The molecule has 1 aliphatic rings. The molecule has 2 nitrogen and oxygen atoms in total. The van der Waals surface area contributed by atoms with Crippen LogP contribution in [-0.2, 0) is 0 Å². The van der Waals surface area contributed by atoms with Crippen LogP contribution in [0, 0.1) is 0 Å². The predicted octanol–water partition coefficient (Wildman–Crippen LogP) is 4.70. The lowest BCUT2D eigenvalue weighted by molar-refractivity contribution is 0.738. The van der Waals surface area contributed by atoms with Crippen molar-refractivity contribution >= 4 is 28.1 Å². The number of anilines is 1. The Kier molecular flexibility index (Phi) is 3.27. The van der Waals surface area contributed by atoms with E-state index in [-0.39, 0.29) is 0 Å². The highest BCUT2D eigenvalue weighted by molar-refractivity contribution is 7.15. The third-order valence-corrected chi connectivity index (χ3v) is 4.78. The van der Waals surface area contributed by atoms with Gasteiger partial charge >= 0.3 is 0 Å². The van der Waals surface area contributed by atoms with Gasteiger partial charge in [0, 0.05) is 15.5 Å². The fourth-order valence-corrected chi connectivity index (χ4v) is 3.87. The van der Waals surface area contributed by atoms with Crippen molar-refractivity contribution in [1.82, 2.24) is 4.98 Å². The normalized spacial score (nSPS) is 16.3. The summed E-state index contributed by atoms with van der Waals surface area (Å²) in [5.74, 6) is 0.633. The van der Waals surface area contributed by atoms with Gasteiger partial charge in [0.2, 0.25) is 0 Å². The summed E-state index contributed by atoms with van der Waals surface area (Å²) in [6.07, 6.45) is 5.15. The monoisotopic (exact) mass is 278 g/mol. The smallest absolute Gasteiger partial charge is 0.180 e. The summed E-state index contributed by atoms with van der Waals surface area (Å²) in [6.45, 7) is 0. The van der Waals surface area contributed by atoms with E-state index in [1.54, 1.807) is 11.3 Å². The van der Waals surface area contributed by atoms with Crippen LogP contribution in [0.4, 0.5) is 5.13 Å².